The van der Waals surface area contributed by atoms with E-state index in [2.05, 4.69) is 27.7 Å². The number of ether oxygens (including phenoxy) is 3. The Hall–Kier alpha value is -2.12. The van der Waals surface area contributed by atoms with Crippen molar-refractivity contribution in [2.75, 3.05) is 19.8 Å². The van der Waals surface area contributed by atoms with E-state index >= 15 is 0 Å². The minimum Gasteiger partial charge on any atom is -0.481 e. The van der Waals surface area contributed by atoms with Gasteiger partial charge < -0.3 is 19.3 Å². The molecule has 1 N–H and O–H groups in total. The van der Waals surface area contributed by atoms with Crippen LogP contribution in [0.1, 0.15) is 188 Å². The summed E-state index contributed by atoms with van der Waals surface area (Å²) in [5, 5.41) is 8.44. The third-order valence-corrected chi connectivity index (χ3v) is 7.49. The summed E-state index contributed by atoms with van der Waals surface area (Å²) in [6.07, 6.45) is 23.8. The summed E-state index contributed by atoms with van der Waals surface area (Å²) in [5.41, 5.74) is 0. The van der Waals surface area contributed by atoms with Gasteiger partial charge in [0.15, 0.2) is 0 Å². The van der Waals surface area contributed by atoms with E-state index in [1.165, 1.54) is 70.6 Å². The molecule has 266 valence electrons. The smallest absolute Gasteiger partial charge is 0.305 e. The lowest BCUT2D eigenvalue weighted by molar-refractivity contribution is -0.146. The number of hydrogen-bond donors (Lipinski definition) is 1. The molecule has 0 aromatic carbocycles. The summed E-state index contributed by atoms with van der Waals surface area (Å²) in [5.74, 6) is -0.524. The van der Waals surface area contributed by atoms with Crippen LogP contribution in [0.4, 0.5) is 0 Å². The van der Waals surface area contributed by atoms with E-state index in [-0.39, 0.29) is 24.3 Å². The molecule has 0 saturated heterocycles. The molecule has 0 aliphatic rings. The van der Waals surface area contributed by atoms with Crippen LogP contribution in [0.5, 0.6) is 0 Å². The highest BCUT2D eigenvalue weighted by Crippen LogP contribution is 2.10. The molecule has 0 fully saturated rings. The molecule has 0 unspecified atom stereocenters. The molecule has 0 rings (SSSR count). The van der Waals surface area contributed by atoms with E-state index in [0.29, 0.717) is 64.8 Å². The van der Waals surface area contributed by atoms with E-state index in [4.69, 9.17) is 19.3 Å². The SMILES string of the molecule is CC(C)CCCCCCOC(=O)CCCCC(=O)O.CCCCCCCCOC(=O)CCCCC(=O)OCCCCCCCC. The van der Waals surface area contributed by atoms with Crippen molar-refractivity contribution in [1.82, 2.24) is 0 Å². The number of carbonyl (C=O) groups is 4. The Morgan fingerprint density at radius 3 is 1.09 bits per heavy atom. The molecule has 0 atom stereocenters. The quantitative estimate of drug-likeness (QED) is 0.0451. The van der Waals surface area contributed by atoms with Crippen molar-refractivity contribution in [1.29, 1.82) is 0 Å². The molecule has 8 heteroatoms. The molecule has 0 spiro atoms. The van der Waals surface area contributed by atoms with Gasteiger partial charge in [0.1, 0.15) is 0 Å². The zero-order chi connectivity index (χ0) is 33.8. The highest BCUT2D eigenvalue weighted by Gasteiger charge is 2.07. The lowest BCUT2D eigenvalue weighted by atomic mass is 10.0. The maximum Gasteiger partial charge on any atom is 0.305 e. The van der Waals surface area contributed by atoms with Crippen molar-refractivity contribution in [2.45, 2.75) is 188 Å². The van der Waals surface area contributed by atoms with Gasteiger partial charge in [-0.1, -0.05) is 118 Å². The van der Waals surface area contributed by atoms with Gasteiger partial charge in [-0.2, -0.15) is 0 Å². The molecule has 0 heterocycles. The Morgan fingerprint density at radius 2 is 0.756 bits per heavy atom. The van der Waals surface area contributed by atoms with Crippen molar-refractivity contribution >= 4 is 23.9 Å². The van der Waals surface area contributed by atoms with Crippen molar-refractivity contribution in [3.8, 4) is 0 Å². The third-order valence-electron chi connectivity index (χ3n) is 7.49. The van der Waals surface area contributed by atoms with Crippen LogP contribution in [-0.4, -0.2) is 48.8 Å². The summed E-state index contributed by atoms with van der Waals surface area (Å²) in [6, 6.07) is 0. The van der Waals surface area contributed by atoms with E-state index in [1.54, 1.807) is 0 Å². The van der Waals surface area contributed by atoms with Crippen LogP contribution >= 0.6 is 0 Å². The number of esters is 3. The van der Waals surface area contributed by atoms with Crippen LogP contribution in [-0.2, 0) is 33.4 Å². The second-order valence-corrected chi connectivity index (χ2v) is 12.6. The molecule has 0 amide bonds. The van der Waals surface area contributed by atoms with Crippen LogP contribution < -0.4 is 0 Å². The van der Waals surface area contributed by atoms with Gasteiger partial charge in [-0.15, -0.1) is 0 Å². The summed E-state index contributed by atoms with van der Waals surface area (Å²) >= 11 is 0. The van der Waals surface area contributed by atoms with Crippen molar-refractivity contribution in [3.63, 3.8) is 0 Å². The van der Waals surface area contributed by atoms with E-state index in [9.17, 15) is 19.2 Å². The topological polar surface area (TPSA) is 116 Å². The van der Waals surface area contributed by atoms with Gasteiger partial charge in [-0.05, 0) is 50.9 Å². The number of carbonyl (C=O) groups excluding carboxylic acids is 3. The minimum absolute atomic E-state index is 0.128. The molecule has 45 heavy (non-hydrogen) atoms. The van der Waals surface area contributed by atoms with Crippen molar-refractivity contribution in [2.24, 2.45) is 5.92 Å². The fourth-order valence-electron chi connectivity index (χ4n) is 4.63. The van der Waals surface area contributed by atoms with E-state index in [1.807, 2.05) is 0 Å². The second kappa shape index (κ2) is 36.3. The summed E-state index contributed by atoms with van der Waals surface area (Å²) in [4.78, 5) is 44.8. The first-order chi connectivity index (χ1) is 21.7. The Morgan fingerprint density at radius 1 is 0.444 bits per heavy atom. The first-order valence-corrected chi connectivity index (χ1v) is 18.4. The molecular weight excluding hydrogens is 572 g/mol. The summed E-state index contributed by atoms with van der Waals surface area (Å²) in [7, 11) is 0. The van der Waals surface area contributed by atoms with Gasteiger partial charge in [-0.3, -0.25) is 19.2 Å². The molecule has 0 radical (unpaired) electrons. The zero-order valence-corrected chi connectivity index (χ0v) is 29.7. The number of carboxylic acid groups (broad SMARTS) is 1. The van der Waals surface area contributed by atoms with E-state index in [0.717, 1.165) is 44.4 Å². The number of rotatable bonds is 31. The Kier molecular flexibility index (Phi) is 36.4. The highest BCUT2D eigenvalue weighted by molar-refractivity contribution is 5.70. The Labute approximate surface area is 276 Å². The van der Waals surface area contributed by atoms with Gasteiger partial charge in [-0.25, -0.2) is 0 Å². The maximum atomic E-state index is 11.6. The number of carboxylic acids is 1. The molecule has 0 saturated carbocycles. The second-order valence-electron chi connectivity index (χ2n) is 12.6. The van der Waals surface area contributed by atoms with Crippen molar-refractivity contribution in [3.05, 3.63) is 0 Å². The Balaban J connectivity index is 0. The van der Waals surface area contributed by atoms with Gasteiger partial charge in [0.2, 0.25) is 0 Å². The lowest BCUT2D eigenvalue weighted by Gasteiger charge is -2.06. The normalized spacial score (nSPS) is 10.7. The number of hydrogen-bond acceptors (Lipinski definition) is 7. The van der Waals surface area contributed by atoms with Gasteiger partial charge >= 0.3 is 23.9 Å². The summed E-state index contributed by atoms with van der Waals surface area (Å²) in [6.45, 7) is 10.4. The van der Waals surface area contributed by atoms with Crippen LogP contribution in [0.2, 0.25) is 0 Å². The van der Waals surface area contributed by atoms with Crippen LogP contribution in [0.3, 0.4) is 0 Å². The minimum atomic E-state index is -0.810. The highest BCUT2D eigenvalue weighted by atomic mass is 16.5. The molecule has 0 aromatic rings. The third kappa shape index (κ3) is 41.9. The lowest BCUT2D eigenvalue weighted by Crippen LogP contribution is -2.08. The van der Waals surface area contributed by atoms with Gasteiger partial charge in [0.05, 0.1) is 19.8 Å². The van der Waals surface area contributed by atoms with Crippen LogP contribution in [0, 0.1) is 5.92 Å². The number of unbranched alkanes of at least 4 members (excludes halogenated alkanes) is 15. The van der Waals surface area contributed by atoms with Crippen molar-refractivity contribution < 1.29 is 38.5 Å². The average molecular weight is 643 g/mol. The first kappa shape index (κ1) is 45.0. The monoisotopic (exact) mass is 643 g/mol. The van der Waals surface area contributed by atoms with Crippen LogP contribution in [0.25, 0.3) is 0 Å². The Bertz CT molecular complexity index is 660. The fraction of sp³-hybridized carbons (Fsp3) is 0.892. The molecule has 0 aliphatic carbocycles. The average Bonchev–Trinajstić information content (AvgIpc) is 3.00. The predicted molar refractivity (Wildman–Crippen MR) is 182 cm³/mol. The maximum absolute atomic E-state index is 11.6. The molecule has 0 aliphatic heterocycles. The van der Waals surface area contributed by atoms with Gasteiger partial charge in [0, 0.05) is 25.7 Å². The van der Waals surface area contributed by atoms with Crippen LogP contribution in [0.15, 0.2) is 0 Å². The molecule has 0 aromatic heterocycles. The fourth-order valence-corrected chi connectivity index (χ4v) is 4.63. The zero-order valence-electron chi connectivity index (χ0n) is 29.7. The largest absolute Gasteiger partial charge is 0.481 e. The van der Waals surface area contributed by atoms with E-state index < -0.39 is 5.97 Å². The molecule has 8 nitrogen and oxygen atoms in total. The predicted octanol–water partition coefficient (Wildman–Crippen LogP) is 10.1. The number of aliphatic carboxylic acids is 1. The molecule has 0 bridgehead atoms. The molecular formula is C37H70O8. The summed E-state index contributed by atoms with van der Waals surface area (Å²) < 4.78 is 15.5. The standard InChI is InChI=1S/C22H42O4.C15H28O4/c1-3-5-7-9-11-15-19-25-21(23)17-13-14-18-22(24)26-20-16-12-10-8-6-4-2;1-13(2)9-5-3-4-8-12-19-15(18)11-7-6-10-14(16)17/h3-20H2,1-2H3;13H,3-12H2,1-2H3,(H,16,17). The van der Waals surface area contributed by atoms with Gasteiger partial charge in [0.25, 0.3) is 0 Å². The first-order valence-electron chi connectivity index (χ1n) is 18.4.